The second kappa shape index (κ2) is 4.74. The van der Waals surface area contributed by atoms with Gasteiger partial charge in [-0.3, -0.25) is 4.79 Å². The molecule has 0 spiro atoms. The summed E-state index contributed by atoms with van der Waals surface area (Å²) in [5.41, 5.74) is -0.725. The van der Waals surface area contributed by atoms with Crippen LogP contribution in [0, 0.1) is 0 Å². The molecule has 0 amide bonds. The highest BCUT2D eigenvalue weighted by Gasteiger charge is 2.33. The van der Waals surface area contributed by atoms with Crippen molar-refractivity contribution in [2.45, 2.75) is 13.1 Å². The van der Waals surface area contributed by atoms with Gasteiger partial charge in [0.2, 0.25) is 0 Å². The summed E-state index contributed by atoms with van der Waals surface area (Å²) in [5.74, 6) is -0.0119. The zero-order valence-corrected chi connectivity index (χ0v) is 10.5. The normalized spacial score (nSPS) is 11.6. The first-order valence-corrected chi connectivity index (χ1v) is 5.64. The molecule has 0 atom stereocenters. The van der Waals surface area contributed by atoms with Crippen LogP contribution in [0.15, 0.2) is 34.7 Å². The lowest BCUT2D eigenvalue weighted by atomic mass is 10.1. The Morgan fingerprint density at radius 1 is 1.21 bits per heavy atom. The molecule has 19 heavy (non-hydrogen) atoms. The van der Waals surface area contributed by atoms with Crippen LogP contribution in [0.3, 0.4) is 0 Å². The number of benzene rings is 1. The van der Waals surface area contributed by atoms with E-state index in [1.807, 2.05) is 0 Å². The van der Waals surface area contributed by atoms with E-state index in [1.165, 1.54) is 25.1 Å². The molecule has 100 valence electrons. The lowest BCUT2D eigenvalue weighted by Gasteiger charge is -2.09. The number of hydrogen-bond donors (Lipinski definition) is 0. The van der Waals surface area contributed by atoms with Crippen LogP contribution in [0.25, 0.3) is 11.3 Å². The first kappa shape index (κ1) is 13.7. The summed E-state index contributed by atoms with van der Waals surface area (Å²) >= 11 is 5.52. The molecule has 2 aromatic rings. The lowest BCUT2D eigenvalue weighted by molar-refractivity contribution is -0.137. The molecular weight excluding hydrogens is 281 g/mol. The molecule has 1 heterocycles. The Morgan fingerprint density at radius 3 is 2.42 bits per heavy atom. The summed E-state index contributed by atoms with van der Waals surface area (Å²) in [6, 6.07) is 6.31. The Hall–Kier alpha value is -1.75. The van der Waals surface area contributed by atoms with Crippen LogP contribution >= 0.6 is 11.6 Å². The zero-order valence-electron chi connectivity index (χ0n) is 9.72. The molecule has 0 N–H and O–H groups in total. The molecule has 0 aliphatic rings. The Labute approximate surface area is 111 Å². The number of rotatable bonds is 2. The minimum atomic E-state index is -4.54. The standard InChI is InChI=1S/C13H8ClF3O2/c1-7(18)11-4-5-12(19-11)8-2-3-10(14)9(6-8)13(15,16)17/h2-6H,1H3. The van der Waals surface area contributed by atoms with Crippen LogP contribution in [0.5, 0.6) is 0 Å². The van der Waals surface area contributed by atoms with Crippen LogP contribution in [0.2, 0.25) is 5.02 Å². The smallest absolute Gasteiger partial charge is 0.417 e. The highest BCUT2D eigenvalue weighted by Crippen LogP contribution is 2.37. The Balaban J connectivity index is 2.48. The summed E-state index contributed by atoms with van der Waals surface area (Å²) in [6.07, 6.45) is -4.54. The molecule has 1 aromatic heterocycles. The van der Waals surface area contributed by atoms with E-state index < -0.39 is 11.7 Å². The van der Waals surface area contributed by atoms with Crippen LogP contribution in [0.4, 0.5) is 13.2 Å². The van der Waals surface area contributed by atoms with Gasteiger partial charge in [-0.1, -0.05) is 11.6 Å². The Morgan fingerprint density at radius 2 is 1.89 bits per heavy atom. The van der Waals surface area contributed by atoms with Crippen molar-refractivity contribution >= 4 is 17.4 Å². The van der Waals surface area contributed by atoms with Gasteiger partial charge >= 0.3 is 6.18 Å². The predicted molar refractivity (Wildman–Crippen MR) is 64.2 cm³/mol. The van der Waals surface area contributed by atoms with Gasteiger partial charge in [-0.15, -0.1) is 0 Å². The molecule has 0 unspecified atom stereocenters. The van der Waals surface area contributed by atoms with E-state index in [4.69, 9.17) is 16.0 Å². The van der Waals surface area contributed by atoms with Gasteiger partial charge in [-0.05, 0) is 30.3 Å². The third kappa shape index (κ3) is 2.81. The van der Waals surface area contributed by atoms with Crippen LogP contribution in [-0.4, -0.2) is 5.78 Å². The quantitative estimate of drug-likeness (QED) is 0.742. The molecule has 0 bridgehead atoms. The number of ketones is 1. The fourth-order valence-electron chi connectivity index (χ4n) is 1.58. The molecule has 2 nitrogen and oxygen atoms in total. The number of hydrogen-bond acceptors (Lipinski definition) is 2. The van der Waals surface area contributed by atoms with E-state index >= 15 is 0 Å². The number of alkyl halides is 3. The van der Waals surface area contributed by atoms with Crippen LogP contribution in [0.1, 0.15) is 23.0 Å². The van der Waals surface area contributed by atoms with Crippen molar-refractivity contribution in [1.29, 1.82) is 0 Å². The summed E-state index contributed by atoms with van der Waals surface area (Å²) in [5, 5.41) is -0.380. The SMILES string of the molecule is CC(=O)c1ccc(-c2ccc(Cl)c(C(F)(F)F)c2)o1. The summed E-state index contributed by atoms with van der Waals surface area (Å²) < 4.78 is 43.3. The van der Waals surface area contributed by atoms with Crippen molar-refractivity contribution in [1.82, 2.24) is 0 Å². The summed E-state index contributed by atoms with van der Waals surface area (Å²) in [6.45, 7) is 1.31. The van der Waals surface area contributed by atoms with Crippen molar-refractivity contribution in [3.05, 3.63) is 46.7 Å². The number of carbonyl (C=O) groups excluding carboxylic acids is 1. The zero-order chi connectivity index (χ0) is 14.2. The third-order valence-corrected chi connectivity index (χ3v) is 2.84. The van der Waals surface area contributed by atoms with E-state index in [-0.39, 0.29) is 27.9 Å². The largest absolute Gasteiger partial charge is 0.453 e. The fraction of sp³-hybridized carbons (Fsp3) is 0.154. The molecule has 1 aromatic carbocycles. The predicted octanol–water partition coefficient (Wildman–Crippen LogP) is 4.82. The average molecular weight is 289 g/mol. The van der Waals surface area contributed by atoms with Crippen molar-refractivity contribution < 1.29 is 22.4 Å². The summed E-state index contributed by atoms with van der Waals surface area (Å²) in [4.78, 5) is 11.1. The van der Waals surface area contributed by atoms with Gasteiger partial charge in [0.25, 0.3) is 0 Å². The maximum atomic E-state index is 12.7. The Kier molecular flexibility index (Phi) is 3.41. The number of carbonyl (C=O) groups is 1. The lowest BCUT2D eigenvalue weighted by Crippen LogP contribution is -2.05. The maximum Gasteiger partial charge on any atom is 0.417 e. The topological polar surface area (TPSA) is 30.2 Å². The minimum absolute atomic E-state index is 0.0958. The number of furan rings is 1. The monoisotopic (exact) mass is 288 g/mol. The van der Waals surface area contributed by atoms with Gasteiger partial charge in [0.1, 0.15) is 5.76 Å². The van der Waals surface area contributed by atoms with E-state index in [9.17, 15) is 18.0 Å². The van der Waals surface area contributed by atoms with Crippen molar-refractivity contribution in [3.63, 3.8) is 0 Å². The fourth-order valence-corrected chi connectivity index (χ4v) is 1.80. The van der Waals surface area contributed by atoms with E-state index in [0.717, 1.165) is 12.1 Å². The van der Waals surface area contributed by atoms with Crippen molar-refractivity contribution in [2.24, 2.45) is 0 Å². The number of Topliss-reactive ketones (excluding diaryl/α,β-unsaturated/α-hetero) is 1. The van der Waals surface area contributed by atoms with Gasteiger partial charge in [0.05, 0.1) is 10.6 Å². The summed E-state index contributed by atoms with van der Waals surface area (Å²) in [7, 11) is 0. The van der Waals surface area contributed by atoms with Gasteiger partial charge in [-0.25, -0.2) is 0 Å². The van der Waals surface area contributed by atoms with Crippen molar-refractivity contribution in [2.75, 3.05) is 0 Å². The molecule has 0 saturated carbocycles. The third-order valence-electron chi connectivity index (χ3n) is 2.51. The molecular formula is C13H8ClF3O2. The first-order chi connectivity index (χ1) is 8.79. The van der Waals surface area contributed by atoms with Crippen molar-refractivity contribution in [3.8, 4) is 11.3 Å². The van der Waals surface area contributed by atoms with Gasteiger partial charge < -0.3 is 4.42 Å². The van der Waals surface area contributed by atoms with Gasteiger partial charge in [0.15, 0.2) is 11.5 Å². The first-order valence-electron chi connectivity index (χ1n) is 5.27. The molecule has 0 aliphatic carbocycles. The van der Waals surface area contributed by atoms with Crippen LogP contribution in [-0.2, 0) is 6.18 Å². The van der Waals surface area contributed by atoms with E-state index in [1.54, 1.807) is 0 Å². The van der Waals surface area contributed by atoms with E-state index in [2.05, 4.69) is 0 Å². The molecule has 0 radical (unpaired) electrons. The number of halogens is 4. The molecule has 0 aliphatic heterocycles. The molecule has 6 heteroatoms. The highest BCUT2D eigenvalue weighted by molar-refractivity contribution is 6.31. The second-order valence-corrected chi connectivity index (χ2v) is 4.32. The van der Waals surface area contributed by atoms with Gasteiger partial charge in [0, 0.05) is 12.5 Å². The molecule has 0 fully saturated rings. The average Bonchev–Trinajstić information content (AvgIpc) is 2.77. The Bertz CT molecular complexity index is 629. The minimum Gasteiger partial charge on any atom is -0.453 e. The highest BCUT2D eigenvalue weighted by atomic mass is 35.5. The molecule has 2 rings (SSSR count). The molecule has 0 saturated heterocycles. The van der Waals surface area contributed by atoms with Crippen LogP contribution < -0.4 is 0 Å². The maximum absolute atomic E-state index is 12.7. The van der Waals surface area contributed by atoms with Gasteiger partial charge in [-0.2, -0.15) is 13.2 Å². The van der Waals surface area contributed by atoms with E-state index in [0.29, 0.717) is 0 Å². The second-order valence-electron chi connectivity index (χ2n) is 3.91.